The van der Waals surface area contributed by atoms with Crippen molar-refractivity contribution in [3.8, 4) is 11.5 Å². The molecule has 11 nitrogen and oxygen atoms in total. The molecule has 0 bridgehead atoms. The zero-order chi connectivity index (χ0) is 31.0. The monoisotopic (exact) mass is 581 g/mol. The van der Waals surface area contributed by atoms with Gasteiger partial charge in [-0.05, 0) is 36.0 Å². The van der Waals surface area contributed by atoms with Crippen LogP contribution in [0.15, 0.2) is 18.2 Å². The van der Waals surface area contributed by atoms with Crippen molar-refractivity contribution in [3.63, 3.8) is 0 Å². The lowest BCUT2D eigenvalue weighted by molar-refractivity contribution is -0.153. The third kappa shape index (κ3) is 12.8. The molecule has 1 aromatic carbocycles. The molecule has 0 aliphatic rings. The summed E-state index contributed by atoms with van der Waals surface area (Å²) in [4.78, 5) is 49.6. The van der Waals surface area contributed by atoms with E-state index in [1.54, 1.807) is 13.0 Å². The van der Waals surface area contributed by atoms with Crippen LogP contribution in [-0.4, -0.2) is 56.7 Å². The van der Waals surface area contributed by atoms with Crippen LogP contribution in [0.5, 0.6) is 11.5 Å². The maximum absolute atomic E-state index is 12.7. The highest BCUT2D eigenvalue weighted by atomic mass is 16.7. The van der Waals surface area contributed by atoms with Gasteiger partial charge in [0, 0.05) is 12.8 Å². The number of benzene rings is 1. The second-order valence-electron chi connectivity index (χ2n) is 10.6. The van der Waals surface area contributed by atoms with Gasteiger partial charge in [-0.15, -0.1) is 0 Å². The fraction of sp³-hybridized carbons (Fsp3) is 0.667. The average molecular weight is 582 g/mol. The largest absolute Gasteiger partial charge is 0.513 e. The molecule has 0 saturated heterocycles. The first kappa shape index (κ1) is 35.7. The minimum Gasteiger partial charge on any atom is -0.468 e. The zero-order valence-corrected chi connectivity index (χ0v) is 25.5. The molecule has 1 rings (SSSR count). The summed E-state index contributed by atoms with van der Waals surface area (Å²) in [6.45, 7) is 11.8. The fourth-order valence-electron chi connectivity index (χ4n) is 3.58. The van der Waals surface area contributed by atoms with Gasteiger partial charge in [0.1, 0.15) is 5.54 Å². The Morgan fingerprint density at radius 1 is 0.854 bits per heavy atom. The third-order valence-corrected chi connectivity index (χ3v) is 6.79. The van der Waals surface area contributed by atoms with Crippen molar-refractivity contribution in [3.05, 3.63) is 23.8 Å². The summed E-state index contributed by atoms with van der Waals surface area (Å²) >= 11 is 0. The van der Waals surface area contributed by atoms with E-state index in [0.29, 0.717) is 12.0 Å². The molecule has 11 heteroatoms. The third-order valence-electron chi connectivity index (χ3n) is 6.79. The van der Waals surface area contributed by atoms with Gasteiger partial charge < -0.3 is 34.2 Å². The average Bonchev–Trinajstić information content (AvgIpc) is 2.95. The second kappa shape index (κ2) is 18.2. The van der Waals surface area contributed by atoms with E-state index in [-0.39, 0.29) is 67.9 Å². The number of ether oxygens (including phenoxy) is 6. The molecule has 0 aromatic heterocycles. The van der Waals surface area contributed by atoms with Gasteiger partial charge in [-0.3, -0.25) is 9.59 Å². The molecule has 0 amide bonds. The standard InChI is InChI=1S/C30H47NO10/c1-8-11-22(6)26(32)37-15-14-30(31,27(33)36-7)17-23-12-13-24(40-28(34)38-18-20(4)9-2)25(16-23)41-29(35)39-19-21(5)10-3/h12-13,16,20-22H,8-11,14-15,17-19,31H2,1-7H3/t20?,21?,22-,30?/m0/s1. The lowest BCUT2D eigenvalue weighted by atomic mass is 9.88. The van der Waals surface area contributed by atoms with Crippen LogP contribution in [0.2, 0.25) is 0 Å². The van der Waals surface area contributed by atoms with Crippen molar-refractivity contribution in [2.45, 2.75) is 85.6 Å². The number of carbonyl (C=O) groups excluding carboxylic acids is 4. The number of esters is 2. The van der Waals surface area contributed by atoms with Crippen LogP contribution in [0.4, 0.5) is 9.59 Å². The molecule has 232 valence electrons. The van der Waals surface area contributed by atoms with Crippen molar-refractivity contribution in [1.82, 2.24) is 0 Å². The van der Waals surface area contributed by atoms with Crippen LogP contribution in [0.25, 0.3) is 0 Å². The normalized spacial score (nSPS) is 14.5. The van der Waals surface area contributed by atoms with Gasteiger partial charge in [-0.1, -0.05) is 66.9 Å². The second-order valence-corrected chi connectivity index (χ2v) is 10.6. The number of methoxy groups -OCH3 is 1. The van der Waals surface area contributed by atoms with E-state index in [2.05, 4.69) is 0 Å². The Morgan fingerprint density at radius 3 is 1.93 bits per heavy atom. The molecule has 4 atom stereocenters. The Balaban J connectivity index is 3.15. The summed E-state index contributed by atoms with van der Waals surface area (Å²) in [5, 5.41) is 0. The Hall–Kier alpha value is -3.34. The molecule has 0 aliphatic heterocycles. The van der Waals surface area contributed by atoms with Gasteiger partial charge >= 0.3 is 24.2 Å². The number of hydrogen-bond acceptors (Lipinski definition) is 11. The summed E-state index contributed by atoms with van der Waals surface area (Å²) in [5.74, 6) is -1.29. The van der Waals surface area contributed by atoms with E-state index >= 15 is 0 Å². The van der Waals surface area contributed by atoms with E-state index in [0.717, 1.165) is 19.3 Å². The first-order valence-electron chi connectivity index (χ1n) is 14.2. The van der Waals surface area contributed by atoms with Gasteiger partial charge in [-0.2, -0.15) is 0 Å². The molecule has 0 aliphatic carbocycles. The van der Waals surface area contributed by atoms with Gasteiger partial charge in [0.2, 0.25) is 0 Å². The minimum atomic E-state index is -1.56. The maximum Gasteiger partial charge on any atom is 0.513 e. The molecule has 3 unspecified atom stereocenters. The molecule has 41 heavy (non-hydrogen) atoms. The first-order chi connectivity index (χ1) is 19.4. The topological polar surface area (TPSA) is 150 Å². The van der Waals surface area contributed by atoms with Gasteiger partial charge in [0.05, 0.1) is 32.8 Å². The molecule has 2 N–H and O–H groups in total. The van der Waals surface area contributed by atoms with E-state index in [1.807, 2.05) is 34.6 Å². The Labute approximate surface area is 243 Å². The molecular weight excluding hydrogens is 534 g/mol. The van der Waals surface area contributed by atoms with Crippen LogP contribution in [0.1, 0.15) is 79.2 Å². The number of carbonyl (C=O) groups is 4. The van der Waals surface area contributed by atoms with E-state index < -0.39 is 23.8 Å². The van der Waals surface area contributed by atoms with Crippen molar-refractivity contribution in [1.29, 1.82) is 0 Å². The van der Waals surface area contributed by atoms with Crippen LogP contribution in [-0.2, 0) is 35.0 Å². The van der Waals surface area contributed by atoms with Crippen LogP contribution < -0.4 is 15.2 Å². The first-order valence-corrected chi connectivity index (χ1v) is 14.2. The van der Waals surface area contributed by atoms with Crippen molar-refractivity contribution >= 4 is 24.2 Å². The summed E-state index contributed by atoms with van der Waals surface area (Å²) < 4.78 is 31.3. The summed E-state index contributed by atoms with van der Waals surface area (Å²) in [6, 6.07) is 4.39. The number of hydrogen-bond donors (Lipinski definition) is 1. The molecule has 0 heterocycles. The molecular formula is C30H47NO10. The minimum absolute atomic E-state index is 0.0163. The lowest BCUT2D eigenvalue weighted by Crippen LogP contribution is -2.51. The quantitative estimate of drug-likeness (QED) is 0.139. The summed E-state index contributed by atoms with van der Waals surface area (Å²) in [7, 11) is 1.21. The highest BCUT2D eigenvalue weighted by molar-refractivity contribution is 5.81. The SMILES string of the molecule is CCC[C@H](C)C(=O)OCCC(N)(Cc1ccc(OC(=O)OCC(C)CC)c(OC(=O)OCC(C)CC)c1)C(=O)OC. The smallest absolute Gasteiger partial charge is 0.468 e. The maximum atomic E-state index is 12.7. The fourth-order valence-corrected chi connectivity index (χ4v) is 3.58. The van der Waals surface area contributed by atoms with E-state index in [4.69, 9.17) is 34.2 Å². The van der Waals surface area contributed by atoms with Crippen molar-refractivity contribution in [2.24, 2.45) is 23.5 Å². The zero-order valence-electron chi connectivity index (χ0n) is 25.5. The molecule has 1 aromatic rings. The predicted octanol–water partition coefficient (Wildman–Crippen LogP) is 5.59. The molecule has 0 spiro atoms. The van der Waals surface area contributed by atoms with E-state index in [1.165, 1.54) is 19.2 Å². The summed E-state index contributed by atoms with van der Waals surface area (Å²) in [6.07, 6.45) is 1.12. The van der Waals surface area contributed by atoms with Crippen LogP contribution >= 0.6 is 0 Å². The molecule has 0 fully saturated rings. The van der Waals surface area contributed by atoms with Crippen molar-refractivity contribution in [2.75, 3.05) is 26.9 Å². The Bertz CT molecular complexity index is 997. The highest BCUT2D eigenvalue weighted by Gasteiger charge is 2.36. The lowest BCUT2D eigenvalue weighted by Gasteiger charge is -2.27. The van der Waals surface area contributed by atoms with Crippen LogP contribution in [0, 0.1) is 17.8 Å². The van der Waals surface area contributed by atoms with E-state index in [9.17, 15) is 19.2 Å². The highest BCUT2D eigenvalue weighted by Crippen LogP contribution is 2.31. The van der Waals surface area contributed by atoms with Crippen molar-refractivity contribution < 1.29 is 47.6 Å². The Kier molecular flexibility index (Phi) is 15.8. The van der Waals surface area contributed by atoms with Crippen LogP contribution in [0.3, 0.4) is 0 Å². The van der Waals surface area contributed by atoms with Gasteiger partial charge in [0.15, 0.2) is 11.5 Å². The molecule has 0 radical (unpaired) electrons. The summed E-state index contributed by atoms with van der Waals surface area (Å²) in [5.41, 5.74) is 5.35. The Morgan fingerprint density at radius 2 is 1.41 bits per heavy atom. The predicted molar refractivity (Wildman–Crippen MR) is 152 cm³/mol. The molecule has 0 saturated carbocycles. The number of rotatable bonds is 17. The van der Waals surface area contributed by atoms with Gasteiger partial charge in [0.25, 0.3) is 0 Å². The number of nitrogens with two attached hydrogens (primary N) is 1. The van der Waals surface area contributed by atoms with Gasteiger partial charge in [-0.25, -0.2) is 9.59 Å².